The van der Waals surface area contributed by atoms with Crippen LogP contribution in [0.5, 0.6) is 5.75 Å². The van der Waals surface area contributed by atoms with Gasteiger partial charge in [0.05, 0.1) is 13.2 Å². The number of sulfonamides is 1. The summed E-state index contributed by atoms with van der Waals surface area (Å²) in [6.45, 7) is 2.32. The standard InChI is InChI=1S/C22H27FN2O4S2/c1-15(16-4-7-19(30-3)8-5-16)24-22(26)17-10-12-25(13-11-17)31(27,28)21-14-18(23)6-9-20(21)29-2/h4-9,14-15,17H,10-13H2,1-3H3,(H,24,26)/t15-/m0/s1. The molecule has 1 atom stereocenters. The first kappa shape index (κ1) is 23.6. The Hall–Kier alpha value is -2.10. The van der Waals surface area contributed by atoms with Crippen LogP contribution in [0.3, 0.4) is 0 Å². The minimum Gasteiger partial charge on any atom is -0.495 e. The summed E-state index contributed by atoms with van der Waals surface area (Å²) in [7, 11) is -2.57. The highest BCUT2D eigenvalue weighted by molar-refractivity contribution is 7.98. The highest BCUT2D eigenvalue weighted by Gasteiger charge is 2.34. The Kier molecular flexibility index (Phi) is 7.61. The van der Waals surface area contributed by atoms with Crippen molar-refractivity contribution in [3.8, 4) is 5.75 Å². The van der Waals surface area contributed by atoms with Crippen molar-refractivity contribution in [1.29, 1.82) is 0 Å². The van der Waals surface area contributed by atoms with Crippen LogP contribution in [0.4, 0.5) is 4.39 Å². The van der Waals surface area contributed by atoms with Gasteiger partial charge in [0, 0.05) is 23.9 Å². The molecule has 1 fully saturated rings. The fraction of sp³-hybridized carbons (Fsp3) is 0.409. The highest BCUT2D eigenvalue weighted by Crippen LogP contribution is 2.30. The zero-order valence-electron chi connectivity index (χ0n) is 17.8. The van der Waals surface area contributed by atoms with Crippen molar-refractivity contribution in [2.75, 3.05) is 26.5 Å². The molecule has 1 heterocycles. The minimum absolute atomic E-state index is 0.0816. The lowest BCUT2D eigenvalue weighted by Crippen LogP contribution is -2.43. The van der Waals surface area contributed by atoms with Crippen molar-refractivity contribution in [1.82, 2.24) is 9.62 Å². The molecule has 31 heavy (non-hydrogen) atoms. The third-order valence-corrected chi connectivity index (χ3v) is 8.21. The highest BCUT2D eigenvalue weighted by atomic mass is 32.2. The van der Waals surface area contributed by atoms with Crippen molar-refractivity contribution in [3.63, 3.8) is 0 Å². The molecule has 1 saturated heterocycles. The molecule has 1 aliphatic heterocycles. The van der Waals surface area contributed by atoms with Crippen LogP contribution >= 0.6 is 11.8 Å². The second-order valence-electron chi connectivity index (χ2n) is 7.48. The Morgan fingerprint density at radius 3 is 2.42 bits per heavy atom. The third kappa shape index (κ3) is 5.39. The molecule has 0 bridgehead atoms. The SMILES string of the molecule is COc1ccc(F)cc1S(=O)(=O)N1CCC(C(=O)N[C@@H](C)c2ccc(SC)cc2)CC1. The van der Waals surface area contributed by atoms with Crippen LogP contribution in [0.25, 0.3) is 0 Å². The fourth-order valence-electron chi connectivity index (χ4n) is 3.66. The zero-order chi connectivity index (χ0) is 22.6. The number of hydrogen-bond donors (Lipinski definition) is 1. The number of hydrogen-bond acceptors (Lipinski definition) is 5. The number of carbonyl (C=O) groups excluding carboxylic acids is 1. The first-order valence-corrected chi connectivity index (χ1v) is 12.7. The van der Waals surface area contributed by atoms with Crippen LogP contribution in [0.2, 0.25) is 0 Å². The molecule has 0 radical (unpaired) electrons. The minimum atomic E-state index is -3.91. The lowest BCUT2D eigenvalue weighted by molar-refractivity contribution is -0.126. The van der Waals surface area contributed by atoms with E-state index in [1.54, 1.807) is 11.8 Å². The van der Waals surface area contributed by atoms with E-state index in [4.69, 9.17) is 4.74 Å². The van der Waals surface area contributed by atoms with Crippen molar-refractivity contribution in [2.24, 2.45) is 5.92 Å². The number of halogens is 1. The first-order valence-electron chi connectivity index (χ1n) is 10.0. The number of ether oxygens (including phenoxy) is 1. The number of carbonyl (C=O) groups is 1. The van der Waals surface area contributed by atoms with Crippen molar-refractivity contribution in [3.05, 3.63) is 53.8 Å². The van der Waals surface area contributed by atoms with Gasteiger partial charge in [-0.2, -0.15) is 4.31 Å². The van der Waals surface area contributed by atoms with E-state index in [9.17, 15) is 17.6 Å². The Labute approximate surface area is 187 Å². The first-order chi connectivity index (χ1) is 14.8. The Morgan fingerprint density at radius 1 is 1.19 bits per heavy atom. The van der Waals surface area contributed by atoms with E-state index in [1.165, 1.54) is 17.5 Å². The molecule has 0 saturated carbocycles. The van der Waals surface area contributed by atoms with E-state index in [1.807, 2.05) is 37.4 Å². The number of piperidine rings is 1. The van der Waals surface area contributed by atoms with Crippen LogP contribution < -0.4 is 10.1 Å². The van der Waals surface area contributed by atoms with E-state index in [0.717, 1.165) is 22.6 Å². The molecule has 9 heteroatoms. The maximum absolute atomic E-state index is 13.7. The van der Waals surface area contributed by atoms with E-state index < -0.39 is 15.8 Å². The van der Waals surface area contributed by atoms with Crippen LogP contribution in [0.1, 0.15) is 31.4 Å². The summed E-state index contributed by atoms with van der Waals surface area (Å²) in [6.07, 6.45) is 2.82. The third-order valence-electron chi connectivity index (χ3n) is 5.54. The average Bonchev–Trinajstić information content (AvgIpc) is 2.79. The van der Waals surface area contributed by atoms with Crippen LogP contribution in [0.15, 0.2) is 52.3 Å². The molecule has 1 N–H and O–H groups in total. The normalized spacial score (nSPS) is 16.6. The summed E-state index contributed by atoms with van der Waals surface area (Å²) in [5, 5.41) is 3.03. The van der Waals surface area contributed by atoms with Gasteiger partial charge in [-0.25, -0.2) is 12.8 Å². The van der Waals surface area contributed by atoms with E-state index in [-0.39, 0.29) is 41.6 Å². The number of nitrogens with one attached hydrogen (secondary N) is 1. The van der Waals surface area contributed by atoms with Crippen molar-refractivity contribution >= 4 is 27.7 Å². The maximum Gasteiger partial charge on any atom is 0.246 e. The summed E-state index contributed by atoms with van der Waals surface area (Å²) in [5.74, 6) is -0.897. The fourth-order valence-corrected chi connectivity index (χ4v) is 5.70. The number of nitrogens with zero attached hydrogens (tertiary/aromatic N) is 1. The lowest BCUT2D eigenvalue weighted by Gasteiger charge is -2.31. The van der Waals surface area contributed by atoms with E-state index >= 15 is 0 Å². The Bertz CT molecular complexity index is 1020. The van der Waals surface area contributed by atoms with Gasteiger partial charge in [-0.15, -0.1) is 11.8 Å². The second kappa shape index (κ2) is 10.0. The largest absolute Gasteiger partial charge is 0.495 e. The van der Waals surface area contributed by atoms with E-state index in [0.29, 0.717) is 12.8 Å². The molecule has 0 aromatic heterocycles. The van der Waals surface area contributed by atoms with Gasteiger partial charge in [0.1, 0.15) is 16.5 Å². The van der Waals surface area contributed by atoms with Gasteiger partial charge < -0.3 is 10.1 Å². The van der Waals surface area contributed by atoms with Gasteiger partial charge in [-0.05, 0) is 61.9 Å². The van der Waals surface area contributed by atoms with Gasteiger partial charge in [0.25, 0.3) is 0 Å². The maximum atomic E-state index is 13.7. The second-order valence-corrected chi connectivity index (χ2v) is 10.3. The molecular formula is C22H27FN2O4S2. The number of amides is 1. The summed E-state index contributed by atoms with van der Waals surface area (Å²) in [6, 6.07) is 11.3. The van der Waals surface area contributed by atoms with Crippen molar-refractivity contribution < 1.29 is 22.3 Å². The molecule has 0 aliphatic carbocycles. The summed E-state index contributed by atoms with van der Waals surface area (Å²) >= 11 is 1.66. The summed E-state index contributed by atoms with van der Waals surface area (Å²) in [4.78, 5) is 13.7. The van der Waals surface area contributed by atoms with Crippen LogP contribution in [-0.4, -0.2) is 45.1 Å². The molecule has 168 valence electrons. The molecule has 0 unspecified atom stereocenters. The molecule has 1 aliphatic rings. The Balaban J connectivity index is 1.62. The number of benzene rings is 2. The smallest absolute Gasteiger partial charge is 0.246 e. The molecular weight excluding hydrogens is 439 g/mol. The predicted octanol–water partition coefficient (Wildman–Crippen LogP) is 3.83. The lowest BCUT2D eigenvalue weighted by atomic mass is 9.96. The van der Waals surface area contributed by atoms with Gasteiger partial charge >= 0.3 is 0 Å². The molecule has 1 amide bonds. The zero-order valence-corrected chi connectivity index (χ0v) is 19.4. The summed E-state index contributed by atoms with van der Waals surface area (Å²) < 4.78 is 46.0. The van der Waals surface area contributed by atoms with Gasteiger partial charge in [-0.1, -0.05) is 12.1 Å². The topological polar surface area (TPSA) is 75.7 Å². The van der Waals surface area contributed by atoms with Gasteiger partial charge in [0.2, 0.25) is 15.9 Å². The van der Waals surface area contributed by atoms with E-state index in [2.05, 4.69) is 5.32 Å². The van der Waals surface area contributed by atoms with Crippen LogP contribution in [0, 0.1) is 11.7 Å². The molecule has 2 aromatic carbocycles. The number of thioether (sulfide) groups is 1. The Morgan fingerprint density at radius 2 is 1.84 bits per heavy atom. The quantitative estimate of drug-likeness (QED) is 0.628. The molecule has 6 nitrogen and oxygen atoms in total. The molecule has 2 aromatic rings. The molecule has 0 spiro atoms. The molecule has 3 rings (SSSR count). The predicted molar refractivity (Wildman–Crippen MR) is 119 cm³/mol. The average molecular weight is 467 g/mol. The van der Waals surface area contributed by atoms with Crippen LogP contribution in [-0.2, 0) is 14.8 Å². The summed E-state index contributed by atoms with van der Waals surface area (Å²) in [5.41, 5.74) is 1.02. The van der Waals surface area contributed by atoms with Gasteiger partial charge in [-0.3, -0.25) is 4.79 Å². The van der Waals surface area contributed by atoms with Gasteiger partial charge in [0.15, 0.2) is 0 Å². The van der Waals surface area contributed by atoms with Crippen molar-refractivity contribution in [2.45, 2.75) is 35.6 Å². The number of rotatable bonds is 7. The monoisotopic (exact) mass is 466 g/mol. The number of methoxy groups -OCH3 is 1.